The van der Waals surface area contributed by atoms with E-state index in [1.54, 1.807) is 23.9 Å². The summed E-state index contributed by atoms with van der Waals surface area (Å²) in [6, 6.07) is 13.2. The summed E-state index contributed by atoms with van der Waals surface area (Å²) in [5, 5.41) is 6.13. The lowest BCUT2D eigenvalue weighted by molar-refractivity contribution is 0.102. The second-order valence-electron chi connectivity index (χ2n) is 5.94. The summed E-state index contributed by atoms with van der Waals surface area (Å²) in [6.45, 7) is 1.78. The van der Waals surface area contributed by atoms with Gasteiger partial charge in [0, 0.05) is 23.2 Å². The number of fused-ring (bicyclic) bond motifs is 2. The summed E-state index contributed by atoms with van der Waals surface area (Å²) in [4.78, 5) is 19.2. The molecule has 2 aromatic carbocycles. The van der Waals surface area contributed by atoms with Gasteiger partial charge in [-0.05, 0) is 35.9 Å². The molecule has 3 heterocycles. The highest BCUT2D eigenvalue weighted by molar-refractivity contribution is 8.16. The summed E-state index contributed by atoms with van der Waals surface area (Å²) < 4.78 is 8.33. The zero-order valence-corrected chi connectivity index (χ0v) is 15.2. The number of amidine groups is 1. The molecule has 3 aromatic rings. The van der Waals surface area contributed by atoms with Gasteiger partial charge in [-0.2, -0.15) is 8.75 Å². The molecule has 1 aromatic heterocycles. The fourth-order valence-corrected chi connectivity index (χ4v) is 4.48. The lowest BCUT2D eigenvalue weighted by Crippen LogP contribution is -2.19. The smallest absolute Gasteiger partial charge is 0.255 e. The monoisotopic (exact) mass is 379 g/mol. The number of hydrogen-bond donors (Lipinski definition) is 1. The molecule has 5 rings (SSSR count). The molecule has 8 heteroatoms. The molecule has 0 atom stereocenters. The summed E-state index contributed by atoms with van der Waals surface area (Å²) in [5.41, 5.74) is 5.18. The van der Waals surface area contributed by atoms with Gasteiger partial charge in [-0.25, -0.2) is 0 Å². The SMILES string of the molecule is O=C(Nc1ccc(C2=CSC3=NCCN23)cc1)c1ccc2nsnc2c1. The van der Waals surface area contributed by atoms with Crippen molar-refractivity contribution in [2.75, 3.05) is 18.4 Å². The molecular formula is C18H13N5OS2. The highest BCUT2D eigenvalue weighted by Crippen LogP contribution is 2.35. The third-order valence-corrected chi connectivity index (χ3v) is 5.78. The number of rotatable bonds is 3. The van der Waals surface area contributed by atoms with Gasteiger partial charge in [0.05, 0.1) is 24.0 Å². The normalized spacial score (nSPS) is 15.8. The number of aliphatic imine (C=N–C) groups is 1. The number of aromatic nitrogens is 2. The third kappa shape index (κ3) is 2.67. The van der Waals surface area contributed by atoms with E-state index in [-0.39, 0.29) is 5.91 Å². The topological polar surface area (TPSA) is 70.5 Å². The molecule has 1 amide bonds. The van der Waals surface area contributed by atoms with Crippen molar-refractivity contribution in [1.29, 1.82) is 0 Å². The third-order valence-electron chi connectivity index (χ3n) is 4.32. The maximum Gasteiger partial charge on any atom is 0.255 e. The molecule has 0 aliphatic carbocycles. The average Bonchev–Trinajstić information content (AvgIpc) is 3.38. The van der Waals surface area contributed by atoms with Crippen molar-refractivity contribution in [2.45, 2.75) is 0 Å². The Morgan fingerprint density at radius 1 is 1.08 bits per heavy atom. The minimum atomic E-state index is -0.155. The molecule has 0 unspecified atom stereocenters. The molecule has 0 fully saturated rings. The molecule has 2 aliphatic rings. The average molecular weight is 379 g/mol. The first kappa shape index (κ1) is 15.5. The number of thioether (sulfide) groups is 1. The lowest BCUT2D eigenvalue weighted by atomic mass is 10.1. The van der Waals surface area contributed by atoms with Gasteiger partial charge in [0.1, 0.15) is 11.0 Å². The molecule has 26 heavy (non-hydrogen) atoms. The largest absolute Gasteiger partial charge is 0.322 e. The quantitative estimate of drug-likeness (QED) is 0.752. The van der Waals surface area contributed by atoms with Crippen LogP contribution in [0.5, 0.6) is 0 Å². The Bertz CT molecular complexity index is 1070. The summed E-state index contributed by atoms with van der Waals surface area (Å²) in [6.07, 6.45) is 0. The fraction of sp³-hybridized carbons (Fsp3) is 0.111. The van der Waals surface area contributed by atoms with Crippen LogP contribution in [0.4, 0.5) is 5.69 Å². The van der Waals surface area contributed by atoms with Crippen LogP contribution in [0.15, 0.2) is 52.9 Å². The van der Waals surface area contributed by atoms with Crippen molar-refractivity contribution < 1.29 is 4.79 Å². The van der Waals surface area contributed by atoms with Crippen LogP contribution in [0.25, 0.3) is 16.7 Å². The fourth-order valence-electron chi connectivity index (χ4n) is 3.00. The number of anilines is 1. The van der Waals surface area contributed by atoms with Crippen molar-refractivity contribution in [3.8, 4) is 0 Å². The lowest BCUT2D eigenvalue weighted by Gasteiger charge is -2.16. The summed E-state index contributed by atoms with van der Waals surface area (Å²) in [7, 11) is 0. The van der Waals surface area contributed by atoms with Gasteiger partial charge in [-0.15, -0.1) is 0 Å². The highest BCUT2D eigenvalue weighted by atomic mass is 32.2. The van der Waals surface area contributed by atoms with Crippen molar-refractivity contribution in [1.82, 2.24) is 13.6 Å². The molecular weight excluding hydrogens is 366 g/mol. The van der Waals surface area contributed by atoms with E-state index in [1.807, 2.05) is 30.3 Å². The van der Waals surface area contributed by atoms with Crippen LogP contribution in [-0.4, -0.2) is 37.8 Å². The van der Waals surface area contributed by atoms with E-state index >= 15 is 0 Å². The second kappa shape index (κ2) is 6.22. The van der Waals surface area contributed by atoms with E-state index in [9.17, 15) is 4.79 Å². The van der Waals surface area contributed by atoms with Gasteiger partial charge in [-0.1, -0.05) is 23.9 Å². The van der Waals surface area contributed by atoms with Gasteiger partial charge in [0.15, 0.2) is 5.17 Å². The predicted octanol–water partition coefficient (Wildman–Crippen LogP) is 3.66. The Kier molecular flexibility index (Phi) is 3.72. The number of nitrogens with zero attached hydrogens (tertiary/aromatic N) is 4. The van der Waals surface area contributed by atoms with E-state index in [0.717, 1.165) is 52.3 Å². The van der Waals surface area contributed by atoms with Crippen molar-refractivity contribution in [3.05, 3.63) is 59.0 Å². The number of hydrogen-bond acceptors (Lipinski definition) is 7. The Morgan fingerprint density at radius 2 is 1.92 bits per heavy atom. The van der Waals surface area contributed by atoms with Crippen molar-refractivity contribution in [3.63, 3.8) is 0 Å². The van der Waals surface area contributed by atoms with Gasteiger partial charge < -0.3 is 10.2 Å². The molecule has 128 valence electrons. The van der Waals surface area contributed by atoms with Crippen molar-refractivity contribution in [2.24, 2.45) is 4.99 Å². The van der Waals surface area contributed by atoms with E-state index in [0.29, 0.717) is 5.56 Å². The van der Waals surface area contributed by atoms with E-state index in [2.05, 4.69) is 29.4 Å². The van der Waals surface area contributed by atoms with Gasteiger partial charge >= 0.3 is 0 Å². The number of carbonyl (C=O) groups is 1. The standard InChI is InChI=1S/C18H13N5OS2/c24-17(12-3-6-14-15(9-12)22-26-21-14)20-13-4-1-11(2-5-13)16-10-25-18-19-7-8-23(16)18/h1-6,9-10H,7-8H2,(H,20,24). The molecule has 0 radical (unpaired) electrons. The highest BCUT2D eigenvalue weighted by Gasteiger charge is 2.26. The van der Waals surface area contributed by atoms with Crippen LogP contribution in [-0.2, 0) is 0 Å². The Labute approximate surface area is 158 Å². The van der Waals surface area contributed by atoms with Gasteiger partial charge in [-0.3, -0.25) is 9.79 Å². The molecule has 2 aliphatic heterocycles. The minimum Gasteiger partial charge on any atom is -0.322 e. The van der Waals surface area contributed by atoms with Crippen LogP contribution in [0.1, 0.15) is 15.9 Å². The molecule has 0 bridgehead atoms. The van der Waals surface area contributed by atoms with Crippen LogP contribution >= 0.6 is 23.5 Å². The zero-order valence-electron chi connectivity index (χ0n) is 13.5. The van der Waals surface area contributed by atoms with Crippen LogP contribution in [0.2, 0.25) is 0 Å². The maximum atomic E-state index is 12.5. The zero-order chi connectivity index (χ0) is 17.5. The minimum absolute atomic E-state index is 0.155. The molecule has 0 saturated carbocycles. The van der Waals surface area contributed by atoms with E-state index in [4.69, 9.17) is 0 Å². The van der Waals surface area contributed by atoms with Crippen molar-refractivity contribution >= 4 is 57.0 Å². The second-order valence-corrected chi connectivity index (χ2v) is 7.30. The Hall–Kier alpha value is -2.71. The number of benzene rings is 2. The molecule has 1 N–H and O–H groups in total. The molecule has 0 saturated heterocycles. The summed E-state index contributed by atoms with van der Waals surface area (Å²) >= 11 is 2.81. The Balaban J connectivity index is 1.33. The number of carbonyl (C=O) groups excluding carboxylic acids is 1. The first-order valence-corrected chi connectivity index (χ1v) is 9.72. The first-order valence-electron chi connectivity index (χ1n) is 8.11. The maximum absolute atomic E-state index is 12.5. The first-order chi connectivity index (χ1) is 12.8. The predicted molar refractivity (Wildman–Crippen MR) is 106 cm³/mol. The molecule has 0 spiro atoms. The van der Waals surface area contributed by atoms with Crippen LogP contribution in [0.3, 0.4) is 0 Å². The van der Waals surface area contributed by atoms with Crippen LogP contribution < -0.4 is 5.32 Å². The van der Waals surface area contributed by atoms with Gasteiger partial charge in [0.2, 0.25) is 0 Å². The number of nitrogens with one attached hydrogen (secondary N) is 1. The van der Waals surface area contributed by atoms with E-state index in [1.165, 1.54) is 5.70 Å². The van der Waals surface area contributed by atoms with Crippen LogP contribution in [0, 0.1) is 0 Å². The van der Waals surface area contributed by atoms with Gasteiger partial charge in [0.25, 0.3) is 5.91 Å². The molecule has 6 nitrogen and oxygen atoms in total. The summed E-state index contributed by atoms with van der Waals surface area (Å²) in [5.74, 6) is -0.155. The Morgan fingerprint density at radius 3 is 2.81 bits per heavy atom. The number of amides is 1. The van der Waals surface area contributed by atoms with E-state index < -0.39 is 0 Å².